The Hall–Kier alpha value is -2.87. The lowest BCUT2D eigenvalue weighted by Crippen LogP contribution is -2.15. The summed E-state index contributed by atoms with van der Waals surface area (Å²) in [5.74, 6) is 1.22. The van der Waals surface area contributed by atoms with Crippen molar-refractivity contribution in [1.29, 1.82) is 0 Å². The molecule has 0 N–H and O–H groups in total. The predicted molar refractivity (Wildman–Crippen MR) is 90.5 cm³/mol. The predicted octanol–water partition coefficient (Wildman–Crippen LogP) is 3.32. The van der Waals surface area contributed by atoms with Gasteiger partial charge in [0.25, 0.3) is 5.89 Å². The molecule has 130 valence electrons. The second-order valence-corrected chi connectivity index (χ2v) is 5.63. The maximum absolute atomic E-state index is 11.8. The minimum absolute atomic E-state index is 0.105. The summed E-state index contributed by atoms with van der Waals surface area (Å²) in [5, 5.41) is 7.67. The van der Waals surface area contributed by atoms with Gasteiger partial charge in [0, 0.05) is 10.9 Å². The largest absolute Gasteiger partial charge is 0.490 e. The van der Waals surface area contributed by atoms with Crippen LogP contribution >= 0.6 is 11.3 Å². The van der Waals surface area contributed by atoms with Gasteiger partial charge in [-0.2, -0.15) is 16.3 Å². The summed E-state index contributed by atoms with van der Waals surface area (Å²) in [7, 11) is 0. The van der Waals surface area contributed by atoms with Gasteiger partial charge >= 0.3 is 5.97 Å². The molecule has 0 amide bonds. The number of hydrogen-bond acceptors (Lipinski definition) is 8. The zero-order chi connectivity index (χ0) is 17.5. The van der Waals surface area contributed by atoms with Crippen LogP contribution in [0.4, 0.5) is 0 Å². The average Bonchev–Trinajstić information content (AvgIpc) is 3.31. The zero-order valence-electron chi connectivity index (χ0n) is 13.5. The number of ether oxygens (including phenoxy) is 3. The average molecular weight is 360 g/mol. The zero-order valence-corrected chi connectivity index (χ0v) is 14.3. The number of benzene rings is 1. The molecule has 0 saturated carbocycles. The topological polar surface area (TPSA) is 83.7 Å². The van der Waals surface area contributed by atoms with E-state index in [1.807, 2.05) is 29.8 Å². The maximum Gasteiger partial charge on any atom is 0.344 e. The Morgan fingerprint density at radius 1 is 1.20 bits per heavy atom. The molecule has 2 aromatic heterocycles. The number of carbonyl (C=O) groups is 1. The normalized spacial score (nSPS) is 10.4. The molecule has 1 aromatic carbocycles. The summed E-state index contributed by atoms with van der Waals surface area (Å²) in [5.41, 5.74) is 0.863. The molecular formula is C17H16N2O5S. The SMILES string of the molecule is CCOc1ccccc1OCC(=O)OCc1nc(-c2ccsc2)no1. The van der Waals surface area contributed by atoms with E-state index < -0.39 is 5.97 Å². The Balaban J connectivity index is 1.49. The molecule has 0 radical (unpaired) electrons. The molecule has 3 aromatic rings. The van der Waals surface area contributed by atoms with Crippen molar-refractivity contribution in [3.8, 4) is 22.9 Å². The second kappa shape index (κ2) is 8.29. The number of para-hydroxylation sites is 2. The molecule has 0 aliphatic carbocycles. The first-order valence-electron chi connectivity index (χ1n) is 7.61. The Morgan fingerprint density at radius 3 is 2.72 bits per heavy atom. The van der Waals surface area contributed by atoms with Crippen molar-refractivity contribution in [2.24, 2.45) is 0 Å². The van der Waals surface area contributed by atoms with Gasteiger partial charge in [0.15, 0.2) is 24.7 Å². The Kier molecular flexibility index (Phi) is 5.63. The Bertz CT molecular complexity index is 816. The first-order chi connectivity index (χ1) is 12.3. The van der Waals surface area contributed by atoms with Crippen molar-refractivity contribution < 1.29 is 23.5 Å². The lowest BCUT2D eigenvalue weighted by molar-refractivity contribution is -0.148. The van der Waals surface area contributed by atoms with Crippen LogP contribution in [-0.2, 0) is 16.1 Å². The summed E-state index contributed by atoms with van der Waals surface area (Å²) in [6, 6.07) is 9.01. The lowest BCUT2D eigenvalue weighted by atomic mass is 10.3. The summed E-state index contributed by atoms with van der Waals surface area (Å²) >= 11 is 1.54. The highest BCUT2D eigenvalue weighted by atomic mass is 32.1. The molecule has 0 atom stereocenters. The van der Waals surface area contributed by atoms with E-state index in [4.69, 9.17) is 18.7 Å². The van der Waals surface area contributed by atoms with E-state index in [-0.39, 0.29) is 19.1 Å². The van der Waals surface area contributed by atoms with Crippen LogP contribution < -0.4 is 9.47 Å². The molecule has 0 spiro atoms. The fourth-order valence-corrected chi connectivity index (χ4v) is 2.62. The maximum atomic E-state index is 11.8. The summed E-state index contributed by atoms with van der Waals surface area (Å²) in [6.45, 7) is 2.04. The van der Waals surface area contributed by atoms with Crippen molar-refractivity contribution >= 4 is 17.3 Å². The third-order valence-electron chi connectivity index (χ3n) is 3.10. The molecule has 25 heavy (non-hydrogen) atoms. The molecule has 0 saturated heterocycles. The summed E-state index contributed by atoms with van der Waals surface area (Å²) in [6.07, 6.45) is 0. The summed E-state index contributed by atoms with van der Waals surface area (Å²) < 4.78 is 21.0. The number of aromatic nitrogens is 2. The van der Waals surface area contributed by atoms with Gasteiger partial charge in [0.05, 0.1) is 6.61 Å². The van der Waals surface area contributed by atoms with Crippen molar-refractivity contribution in [3.63, 3.8) is 0 Å². The number of carbonyl (C=O) groups excluding carboxylic acids is 1. The number of hydrogen-bond donors (Lipinski definition) is 0. The highest BCUT2D eigenvalue weighted by molar-refractivity contribution is 7.08. The van der Waals surface area contributed by atoms with Gasteiger partial charge in [0.1, 0.15) is 0 Å². The molecule has 0 aliphatic rings. The molecule has 0 aliphatic heterocycles. The minimum atomic E-state index is -0.540. The van der Waals surface area contributed by atoms with Gasteiger partial charge in [-0.25, -0.2) is 4.79 Å². The molecule has 3 rings (SSSR count). The van der Waals surface area contributed by atoms with Gasteiger partial charge < -0.3 is 18.7 Å². The molecule has 0 fully saturated rings. The third kappa shape index (κ3) is 4.57. The van der Waals surface area contributed by atoms with Gasteiger partial charge in [0.2, 0.25) is 5.82 Å². The van der Waals surface area contributed by atoms with Gasteiger partial charge in [-0.1, -0.05) is 17.3 Å². The fraction of sp³-hybridized carbons (Fsp3) is 0.235. The van der Waals surface area contributed by atoms with Crippen LogP contribution in [0, 0.1) is 0 Å². The molecule has 7 nitrogen and oxygen atoms in total. The van der Waals surface area contributed by atoms with Crippen LogP contribution in [0.25, 0.3) is 11.4 Å². The quantitative estimate of drug-likeness (QED) is 0.570. The van der Waals surface area contributed by atoms with E-state index in [0.29, 0.717) is 23.9 Å². The van der Waals surface area contributed by atoms with Crippen molar-refractivity contribution in [2.75, 3.05) is 13.2 Å². The summed E-state index contributed by atoms with van der Waals surface area (Å²) in [4.78, 5) is 16.0. The number of rotatable bonds is 8. The van der Waals surface area contributed by atoms with Crippen LogP contribution in [-0.4, -0.2) is 29.3 Å². The van der Waals surface area contributed by atoms with Crippen molar-refractivity contribution in [3.05, 3.63) is 47.0 Å². The highest BCUT2D eigenvalue weighted by Crippen LogP contribution is 2.26. The number of thiophene rings is 1. The van der Waals surface area contributed by atoms with Crippen LogP contribution in [0.1, 0.15) is 12.8 Å². The molecule has 2 heterocycles. The van der Waals surface area contributed by atoms with E-state index in [1.165, 1.54) is 11.3 Å². The monoisotopic (exact) mass is 360 g/mol. The standard InChI is InChI=1S/C17H16N2O5S/c1-2-21-13-5-3-4-6-14(13)22-10-16(20)23-9-15-18-17(19-24-15)12-7-8-25-11-12/h3-8,11H,2,9-10H2,1H3. The van der Waals surface area contributed by atoms with Crippen molar-refractivity contribution in [2.45, 2.75) is 13.5 Å². The highest BCUT2D eigenvalue weighted by Gasteiger charge is 2.12. The molecule has 0 unspecified atom stereocenters. The van der Waals surface area contributed by atoms with E-state index in [2.05, 4.69) is 10.1 Å². The first kappa shape index (κ1) is 17.0. The minimum Gasteiger partial charge on any atom is -0.490 e. The van der Waals surface area contributed by atoms with Gasteiger partial charge in [-0.3, -0.25) is 0 Å². The van der Waals surface area contributed by atoms with Crippen molar-refractivity contribution in [1.82, 2.24) is 10.1 Å². The second-order valence-electron chi connectivity index (χ2n) is 4.85. The van der Waals surface area contributed by atoms with Gasteiger partial charge in [-0.05, 0) is 30.5 Å². The first-order valence-corrected chi connectivity index (χ1v) is 8.56. The number of esters is 1. The molecule has 0 bridgehead atoms. The van der Waals surface area contributed by atoms with Crippen LogP contribution in [0.5, 0.6) is 11.5 Å². The van der Waals surface area contributed by atoms with Crippen LogP contribution in [0.2, 0.25) is 0 Å². The third-order valence-corrected chi connectivity index (χ3v) is 3.78. The Labute approximate surface area is 148 Å². The number of nitrogens with zero attached hydrogens (tertiary/aromatic N) is 2. The van der Waals surface area contributed by atoms with E-state index in [9.17, 15) is 4.79 Å². The van der Waals surface area contributed by atoms with Gasteiger partial charge in [-0.15, -0.1) is 0 Å². The molecular weight excluding hydrogens is 344 g/mol. The molecule has 8 heteroatoms. The van der Waals surface area contributed by atoms with Crippen LogP contribution in [0.3, 0.4) is 0 Å². The lowest BCUT2D eigenvalue weighted by Gasteiger charge is -2.10. The van der Waals surface area contributed by atoms with E-state index in [0.717, 1.165) is 5.56 Å². The van der Waals surface area contributed by atoms with E-state index in [1.54, 1.807) is 18.2 Å². The fourth-order valence-electron chi connectivity index (χ4n) is 1.99. The smallest absolute Gasteiger partial charge is 0.344 e. The van der Waals surface area contributed by atoms with Crippen LogP contribution in [0.15, 0.2) is 45.6 Å². The van der Waals surface area contributed by atoms with E-state index >= 15 is 0 Å². The Morgan fingerprint density at radius 2 is 2.00 bits per heavy atom.